The van der Waals surface area contributed by atoms with Gasteiger partial charge in [-0.15, -0.1) is 11.3 Å². The summed E-state index contributed by atoms with van der Waals surface area (Å²) in [6.07, 6.45) is 0. The molecule has 3 aromatic rings. The highest BCUT2D eigenvalue weighted by molar-refractivity contribution is 7.12. The fourth-order valence-electron chi connectivity index (χ4n) is 2.53. The smallest absolute Gasteiger partial charge is 0.265 e. The van der Waals surface area contributed by atoms with E-state index < -0.39 is 0 Å². The molecule has 0 spiro atoms. The van der Waals surface area contributed by atoms with Gasteiger partial charge in [-0.25, -0.2) is 0 Å². The first-order valence-electron chi connectivity index (χ1n) is 7.85. The number of carbonyl (C=O) groups excluding carboxylic acids is 1. The molecule has 1 heterocycles. The quantitative estimate of drug-likeness (QED) is 0.610. The van der Waals surface area contributed by atoms with Crippen molar-refractivity contribution in [2.45, 2.75) is 20.5 Å². The number of thiophene rings is 1. The molecule has 25 heavy (non-hydrogen) atoms. The molecule has 0 fully saturated rings. The number of anilines is 1. The van der Waals surface area contributed by atoms with Crippen LogP contribution in [0.5, 0.6) is 5.75 Å². The summed E-state index contributed by atoms with van der Waals surface area (Å²) in [5.41, 5.74) is 3.99. The number of nitrogens with one attached hydrogen (secondary N) is 1. The molecule has 2 aromatic carbocycles. The Morgan fingerprint density at radius 3 is 2.56 bits per heavy atom. The average Bonchev–Trinajstić information content (AvgIpc) is 3.02. The standard InChI is InChI=1S/C20H18ClNO2S/c1-13-7-14(2)9-16(8-13)22-20(23)19-10-15(12-25-19)11-24-18-6-4-3-5-17(18)21/h3-10,12H,11H2,1-2H3,(H,22,23). The number of carbonyl (C=O) groups is 1. The number of hydrogen-bond donors (Lipinski definition) is 1. The van der Waals surface area contributed by atoms with E-state index in [4.69, 9.17) is 16.3 Å². The highest BCUT2D eigenvalue weighted by Crippen LogP contribution is 2.25. The average molecular weight is 372 g/mol. The minimum absolute atomic E-state index is 0.112. The van der Waals surface area contributed by atoms with Crippen LogP contribution in [0.3, 0.4) is 0 Å². The second-order valence-corrected chi connectivity index (χ2v) is 7.19. The summed E-state index contributed by atoms with van der Waals surface area (Å²) in [5, 5.41) is 5.44. The minimum atomic E-state index is -0.112. The summed E-state index contributed by atoms with van der Waals surface area (Å²) in [6.45, 7) is 4.40. The van der Waals surface area contributed by atoms with E-state index in [0.717, 1.165) is 22.4 Å². The van der Waals surface area contributed by atoms with Crippen molar-refractivity contribution in [2.24, 2.45) is 0 Å². The predicted octanol–water partition coefficient (Wildman–Crippen LogP) is 5.85. The molecule has 1 aromatic heterocycles. The Labute approximate surface area is 156 Å². The maximum absolute atomic E-state index is 12.4. The maximum atomic E-state index is 12.4. The van der Waals surface area contributed by atoms with E-state index in [1.165, 1.54) is 11.3 Å². The number of aryl methyl sites for hydroxylation is 2. The maximum Gasteiger partial charge on any atom is 0.265 e. The summed E-state index contributed by atoms with van der Waals surface area (Å²) in [7, 11) is 0. The molecular weight excluding hydrogens is 354 g/mol. The van der Waals surface area contributed by atoms with E-state index in [1.54, 1.807) is 6.07 Å². The van der Waals surface area contributed by atoms with Crippen molar-refractivity contribution in [1.29, 1.82) is 0 Å². The van der Waals surface area contributed by atoms with Gasteiger partial charge in [0.25, 0.3) is 5.91 Å². The molecule has 3 rings (SSSR count). The second kappa shape index (κ2) is 7.72. The van der Waals surface area contributed by atoms with Crippen molar-refractivity contribution in [1.82, 2.24) is 0 Å². The van der Waals surface area contributed by atoms with Gasteiger partial charge < -0.3 is 10.1 Å². The van der Waals surface area contributed by atoms with E-state index in [-0.39, 0.29) is 5.91 Å². The Bertz CT molecular complexity index is 884. The Morgan fingerprint density at radius 1 is 1.12 bits per heavy atom. The Balaban J connectivity index is 1.64. The lowest BCUT2D eigenvalue weighted by Crippen LogP contribution is -2.10. The van der Waals surface area contributed by atoms with Gasteiger partial charge in [0.15, 0.2) is 0 Å². The van der Waals surface area contributed by atoms with E-state index in [2.05, 4.69) is 11.4 Å². The number of halogens is 1. The van der Waals surface area contributed by atoms with Crippen LogP contribution in [-0.2, 0) is 6.61 Å². The summed E-state index contributed by atoms with van der Waals surface area (Å²) in [5.74, 6) is 0.524. The van der Waals surface area contributed by atoms with Gasteiger partial charge in [-0.1, -0.05) is 29.8 Å². The number of amides is 1. The largest absolute Gasteiger partial charge is 0.487 e. The van der Waals surface area contributed by atoms with Crippen molar-refractivity contribution in [2.75, 3.05) is 5.32 Å². The molecule has 1 amide bonds. The molecule has 0 aliphatic rings. The number of hydrogen-bond acceptors (Lipinski definition) is 3. The highest BCUT2D eigenvalue weighted by Gasteiger charge is 2.11. The first-order chi connectivity index (χ1) is 12.0. The summed E-state index contributed by atoms with van der Waals surface area (Å²) in [4.78, 5) is 13.1. The summed E-state index contributed by atoms with van der Waals surface area (Å²) < 4.78 is 5.71. The van der Waals surface area contributed by atoms with Crippen LogP contribution < -0.4 is 10.1 Å². The van der Waals surface area contributed by atoms with Gasteiger partial charge in [0.05, 0.1) is 9.90 Å². The molecule has 0 unspecified atom stereocenters. The van der Waals surface area contributed by atoms with Crippen molar-refractivity contribution in [3.05, 3.63) is 80.5 Å². The molecule has 1 N–H and O–H groups in total. The second-order valence-electron chi connectivity index (χ2n) is 5.87. The molecule has 0 atom stereocenters. The van der Waals surface area contributed by atoms with Gasteiger partial charge in [-0.2, -0.15) is 0 Å². The monoisotopic (exact) mass is 371 g/mol. The number of benzene rings is 2. The zero-order valence-electron chi connectivity index (χ0n) is 14.0. The van der Waals surface area contributed by atoms with Crippen LogP contribution in [0.25, 0.3) is 0 Å². The van der Waals surface area contributed by atoms with Gasteiger partial charge in [-0.3, -0.25) is 4.79 Å². The van der Waals surface area contributed by atoms with Gasteiger partial charge >= 0.3 is 0 Å². The molecule has 5 heteroatoms. The fourth-order valence-corrected chi connectivity index (χ4v) is 3.51. The van der Waals surface area contributed by atoms with Gasteiger partial charge in [0.1, 0.15) is 12.4 Å². The third kappa shape index (κ3) is 4.62. The zero-order chi connectivity index (χ0) is 17.8. The highest BCUT2D eigenvalue weighted by atomic mass is 35.5. The van der Waals surface area contributed by atoms with Gasteiger partial charge in [0.2, 0.25) is 0 Å². The van der Waals surface area contributed by atoms with Crippen LogP contribution in [-0.4, -0.2) is 5.91 Å². The Kier molecular flexibility index (Phi) is 5.41. The lowest BCUT2D eigenvalue weighted by molar-refractivity contribution is 0.103. The Hall–Kier alpha value is -2.30. The van der Waals surface area contributed by atoms with E-state index in [9.17, 15) is 4.79 Å². The van der Waals surface area contributed by atoms with Crippen LogP contribution in [0.2, 0.25) is 5.02 Å². The van der Waals surface area contributed by atoms with Gasteiger partial charge in [0, 0.05) is 11.3 Å². The van der Waals surface area contributed by atoms with Crippen LogP contribution in [0.1, 0.15) is 26.4 Å². The topological polar surface area (TPSA) is 38.3 Å². The van der Waals surface area contributed by atoms with Crippen molar-refractivity contribution in [3.63, 3.8) is 0 Å². The fraction of sp³-hybridized carbons (Fsp3) is 0.150. The molecule has 128 valence electrons. The van der Waals surface area contributed by atoms with E-state index in [1.807, 2.05) is 55.6 Å². The van der Waals surface area contributed by atoms with Crippen molar-refractivity contribution >= 4 is 34.5 Å². The third-order valence-corrected chi connectivity index (χ3v) is 4.88. The van der Waals surface area contributed by atoms with Crippen LogP contribution >= 0.6 is 22.9 Å². The van der Waals surface area contributed by atoms with Crippen LogP contribution in [0.15, 0.2) is 53.9 Å². The molecule has 0 saturated heterocycles. The third-order valence-electron chi connectivity index (χ3n) is 3.59. The molecule has 0 radical (unpaired) electrons. The molecule has 0 saturated carbocycles. The van der Waals surface area contributed by atoms with Crippen molar-refractivity contribution < 1.29 is 9.53 Å². The van der Waals surface area contributed by atoms with Crippen molar-refractivity contribution in [3.8, 4) is 5.75 Å². The molecule has 0 bridgehead atoms. The van der Waals surface area contributed by atoms with Gasteiger partial charge in [-0.05, 0) is 60.7 Å². The van der Waals surface area contributed by atoms with Crippen LogP contribution in [0.4, 0.5) is 5.69 Å². The van der Waals surface area contributed by atoms with Crippen LogP contribution in [0, 0.1) is 13.8 Å². The number of rotatable bonds is 5. The number of para-hydroxylation sites is 1. The lowest BCUT2D eigenvalue weighted by Gasteiger charge is -2.07. The molecule has 0 aliphatic heterocycles. The molecule has 3 nitrogen and oxygen atoms in total. The SMILES string of the molecule is Cc1cc(C)cc(NC(=O)c2cc(COc3ccccc3Cl)cs2)c1. The predicted molar refractivity (Wildman–Crippen MR) is 104 cm³/mol. The van der Waals surface area contributed by atoms with E-state index in [0.29, 0.717) is 22.3 Å². The molecular formula is C20H18ClNO2S. The molecule has 0 aliphatic carbocycles. The number of ether oxygens (including phenoxy) is 1. The first kappa shape index (κ1) is 17.5. The first-order valence-corrected chi connectivity index (χ1v) is 9.11. The lowest BCUT2D eigenvalue weighted by atomic mass is 10.1. The zero-order valence-corrected chi connectivity index (χ0v) is 15.6. The summed E-state index contributed by atoms with van der Waals surface area (Å²) in [6, 6.07) is 15.2. The minimum Gasteiger partial charge on any atom is -0.487 e. The summed E-state index contributed by atoms with van der Waals surface area (Å²) >= 11 is 7.47. The normalized spacial score (nSPS) is 10.5. The van der Waals surface area contributed by atoms with E-state index >= 15 is 0 Å². The Morgan fingerprint density at radius 2 is 1.84 bits per heavy atom.